The van der Waals surface area contributed by atoms with Gasteiger partial charge in [0.25, 0.3) is 0 Å². The van der Waals surface area contributed by atoms with Gasteiger partial charge in [-0.05, 0) is 24.6 Å². The zero-order valence-electron chi connectivity index (χ0n) is 10.5. The van der Waals surface area contributed by atoms with E-state index < -0.39 is 0 Å². The Morgan fingerprint density at radius 1 is 1.24 bits per heavy atom. The van der Waals surface area contributed by atoms with Crippen LogP contribution in [0.25, 0.3) is 0 Å². The zero-order chi connectivity index (χ0) is 12.1. The van der Waals surface area contributed by atoms with Gasteiger partial charge in [0, 0.05) is 57.7 Å². The number of nitrogens with zero attached hydrogens (tertiary/aromatic N) is 3. The number of rotatable bonds is 4. The van der Waals surface area contributed by atoms with Crippen LogP contribution in [0.5, 0.6) is 0 Å². The SMILES string of the molecule is CC(CN)N1CCN(Cc2ccncc2)CC1. The summed E-state index contributed by atoms with van der Waals surface area (Å²) in [5.41, 5.74) is 7.05. The molecule has 1 atom stereocenters. The van der Waals surface area contributed by atoms with Crippen molar-refractivity contribution < 1.29 is 0 Å². The van der Waals surface area contributed by atoms with Crippen LogP contribution in [0.4, 0.5) is 0 Å². The smallest absolute Gasteiger partial charge is 0.0271 e. The van der Waals surface area contributed by atoms with Gasteiger partial charge in [-0.3, -0.25) is 14.8 Å². The van der Waals surface area contributed by atoms with Gasteiger partial charge in [-0.25, -0.2) is 0 Å². The maximum atomic E-state index is 5.70. The van der Waals surface area contributed by atoms with Crippen LogP contribution in [0.1, 0.15) is 12.5 Å². The predicted molar refractivity (Wildman–Crippen MR) is 69.6 cm³/mol. The second-order valence-electron chi connectivity index (χ2n) is 4.75. The highest BCUT2D eigenvalue weighted by atomic mass is 15.3. The monoisotopic (exact) mass is 234 g/mol. The molecule has 0 aliphatic carbocycles. The summed E-state index contributed by atoms with van der Waals surface area (Å²) in [4.78, 5) is 9.01. The normalized spacial score (nSPS) is 20.4. The van der Waals surface area contributed by atoms with Crippen molar-refractivity contribution in [2.45, 2.75) is 19.5 Å². The van der Waals surface area contributed by atoms with E-state index in [0.29, 0.717) is 6.04 Å². The second-order valence-corrected chi connectivity index (χ2v) is 4.75. The summed E-state index contributed by atoms with van der Waals surface area (Å²) in [5.74, 6) is 0. The van der Waals surface area contributed by atoms with Crippen LogP contribution in [-0.2, 0) is 6.54 Å². The minimum Gasteiger partial charge on any atom is -0.329 e. The van der Waals surface area contributed by atoms with Gasteiger partial charge in [-0.15, -0.1) is 0 Å². The Morgan fingerprint density at radius 2 is 1.88 bits per heavy atom. The fourth-order valence-electron chi connectivity index (χ4n) is 2.26. The summed E-state index contributed by atoms with van der Waals surface area (Å²) in [5, 5.41) is 0. The van der Waals surface area contributed by atoms with Crippen LogP contribution in [0.15, 0.2) is 24.5 Å². The molecule has 0 bridgehead atoms. The molecule has 17 heavy (non-hydrogen) atoms. The molecule has 1 aromatic heterocycles. The van der Waals surface area contributed by atoms with Gasteiger partial charge in [-0.1, -0.05) is 0 Å². The third-order valence-corrected chi connectivity index (χ3v) is 3.53. The van der Waals surface area contributed by atoms with Gasteiger partial charge >= 0.3 is 0 Å². The van der Waals surface area contributed by atoms with Crippen molar-refractivity contribution in [3.8, 4) is 0 Å². The van der Waals surface area contributed by atoms with Gasteiger partial charge in [0.15, 0.2) is 0 Å². The van der Waals surface area contributed by atoms with Crippen LogP contribution in [0.3, 0.4) is 0 Å². The first-order valence-corrected chi connectivity index (χ1v) is 6.35. The number of pyridine rings is 1. The van der Waals surface area contributed by atoms with Crippen molar-refractivity contribution in [3.05, 3.63) is 30.1 Å². The summed E-state index contributed by atoms with van der Waals surface area (Å²) in [7, 11) is 0. The first kappa shape index (κ1) is 12.5. The number of hydrogen-bond donors (Lipinski definition) is 1. The van der Waals surface area contributed by atoms with Crippen molar-refractivity contribution in [3.63, 3.8) is 0 Å². The molecule has 1 aliphatic rings. The first-order chi connectivity index (χ1) is 8.29. The Bertz CT molecular complexity index is 319. The lowest BCUT2D eigenvalue weighted by Crippen LogP contribution is -2.51. The lowest BCUT2D eigenvalue weighted by atomic mass is 10.2. The molecule has 0 spiro atoms. The summed E-state index contributed by atoms with van der Waals surface area (Å²) in [6.45, 7) is 8.52. The van der Waals surface area contributed by atoms with E-state index in [4.69, 9.17) is 5.73 Å². The molecule has 1 aliphatic heterocycles. The number of hydrogen-bond acceptors (Lipinski definition) is 4. The fourth-order valence-corrected chi connectivity index (χ4v) is 2.26. The average Bonchev–Trinajstić information content (AvgIpc) is 2.40. The van der Waals surface area contributed by atoms with Gasteiger partial charge in [0.05, 0.1) is 0 Å². The Hall–Kier alpha value is -0.970. The maximum Gasteiger partial charge on any atom is 0.0271 e. The van der Waals surface area contributed by atoms with Crippen LogP contribution < -0.4 is 5.73 Å². The molecule has 94 valence electrons. The third kappa shape index (κ3) is 3.49. The summed E-state index contributed by atoms with van der Waals surface area (Å²) < 4.78 is 0. The van der Waals surface area contributed by atoms with E-state index in [0.717, 1.165) is 39.3 Å². The highest BCUT2D eigenvalue weighted by molar-refractivity contribution is 5.09. The van der Waals surface area contributed by atoms with Crippen molar-refractivity contribution in [2.75, 3.05) is 32.7 Å². The molecule has 4 nitrogen and oxygen atoms in total. The first-order valence-electron chi connectivity index (χ1n) is 6.35. The van der Waals surface area contributed by atoms with Crippen LogP contribution in [0, 0.1) is 0 Å². The molecule has 0 radical (unpaired) electrons. The van der Waals surface area contributed by atoms with Gasteiger partial charge in [-0.2, -0.15) is 0 Å². The number of nitrogens with two attached hydrogens (primary N) is 1. The quantitative estimate of drug-likeness (QED) is 0.826. The van der Waals surface area contributed by atoms with Gasteiger partial charge < -0.3 is 5.73 Å². The van der Waals surface area contributed by atoms with Crippen molar-refractivity contribution in [2.24, 2.45) is 5.73 Å². The molecule has 1 fully saturated rings. The fraction of sp³-hybridized carbons (Fsp3) is 0.615. The van der Waals surface area contributed by atoms with E-state index in [1.165, 1.54) is 5.56 Å². The zero-order valence-corrected chi connectivity index (χ0v) is 10.5. The van der Waals surface area contributed by atoms with E-state index in [1.807, 2.05) is 12.4 Å². The lowest BCUT2D eigenvalue weighted by Gasteiger charge is -2.37. The largest absolute Gasteiger partial charge is 0.329 e. The van der Waals surface area contributed by atoms with Gasteiger partial charge in [0.1, 0.15) is 0 Å². The number of piperazine rings is 1. The Kier molecular flexibility index (Phi) is 4.48. The topological polar surface area (TPSA) is 45.4 Å². The van der Waals surface area contributed by atoms with E-state index in [9.17, 15) is 0 Å². The highest BCUT2D eigenvalue weighted by Crippen LogP contribution is 2.09. The molecule has 1 saturated heterocycles. The third-order valence-electron chi connectivity index (χ3n) is 3.53. The molecule has 2 heterocycles. The number of aromatic nitrogens is 1. The van der Waals surface area contributed by atoms with E-state index in [-0.39, 0.29) is 0 Å². The van der Waals surface area contributed by atoms with Crippen LogP contribution in [-0.4, -0.2) is 53.5 Å². The lowest BCUT2D eigenvalue weighted by molar-refractivity contribution is 0.100. The maximum absolute atomic E-state index is 5.70. The molecule has 0 aromatic carbocycles. The molecule has 4 heteroatoms. The Morgan fingerprint density at radius 3 is 2.47 bits per heavy atom. The molecule has 2 N–H and O–H groups in total. The minimum absolute atomic E-state index is 0.512. The standard InChI is InChI=1S/C13H22N4/c1-12(10-14)17-8-6-16(7-9-17)11-13-2-4-15-5-3-13/h2-5,12H,6-11,14H2,1H3. The van der Waals surface area contributed by atoms with Crippen LogP contribution >= 0.6 is 0 Å². The van der Waals surface area contributed by atoms with Crippen molar-refractivity contribution in [1.82, 2.24) is 14.8 Å². The second kappa shape index (κ2) is 6.10. The summed E-state index contributed by atoms with van der Waals surface area (Å²) in [6, 6.07) is 4.70. The van der Waals surface area contributed by atoms with E-state index in [1.54, 1.807) is 0 Å². The molecular weight excluding hydrogens is 212 g/mol. The Labute approximate surface area is 103 Å². The highest BCUT2D eigenvalue weighted by Gasteiger charge is 2.19. The molecule has 0 amide bonds. The van der Waals surface area contributed by atoms with E-state index in [2.05, 4.69) is 33.8 Å². The predicted octanol–water partition coefficient (Wildman–Crippen LogP) is 0.546. The summed E-state index contributed by atoms with van der Waals surface area (Å²) in [6.07, 6.45) is 3.73. The van der Waals surface area contributed by atoms with E-state index >= 15 is 0 Å². The summed E-state index contributed by atoms with van der Waals surface area (Å²) >= 11 is 0. The minimum atomic E-state index is 0.512. The molecular formula is C13H22N4. The van der Waals surface area contributed by atoms with Crippen molar-refractivity contribution in [1.29, 1.82) is 0 Å². The van der Waals surface area contributed by atoms with Crippen LogP contribution in [0.2, 0.25) is 0 Å². The molecule has 1 aromatic rings. The average molecular weight is 234 g/mol. The van der Waals surface area contributed by atoms with Crippen molar-refractivity contribution >= 4 is 0 Å². The Balaban J connectivity index is 1.80. The molecule has 1 unspecified atom stereocenters. The molecule has 0 saturated carbocycles. The van der Waals surface area contributed by atoms with Gasteiger partial charge in [0.2, 0.25) is 0 Å². The molecule has 2 rings (SSSR count).